The second-order valence-electron chi connectivity index (χ2n) is 2.37. The fourth-order valence-corrected chi connectivity index (χ4v) is 0.343. The van der Waals surface area contributed by atoms with Gasteiger partial charge in [0.15, 0.2) is 0 Å². The molecular formula is C6H6F6O4. The van der Waals surface area contributed by atoms with Crippen LogP contribution in [0.1, 0.15) is 12.8 Å². The summed E-state index contributed by atoms with van der Waals surface area (Å²) in [6, 6.07) is 0. The Bertz CT molecular complexity index is 216. The van der Waals surface area contributed by atoms with Crippen LogP contribution in [0.3, 0.4) is 0 Å². The first-order chi connectivity index (χ1) is 6.83. The van der Waals surface area contributed by atoms with Gasteiger partial charge in [0.2, 0.25) is 0 Å². The summed E-state index contributed by atoms with van der Waals surface area (Å²) in [5, 5.41) is 15.1. The minimum atomic E-state index is -4.58. The van der Waals surface area contributed by atoms with Crippen LogP contribution in [0.15, 0.2) is 0 Å². The quantitative estimate of drug-likeness (QED) is 0.741. The van der Waals surface area contributed by atoms with Crippen LogP contribution in [-0.4, -0.2) is 34.5 Å². The molecule has 10 heteroatoms. The highest BCUT2D eigenvalue weighted by Crippen LogP contribution is 2.19. The normalized spacial score (nSPS) is 11.4. The molecule has 0 saturated heterocycles. The summed E-state index contributed by atoms with van der Waals surface area (Å²) >= 11 is 0. The van der Waals surface area contributed by atoms with Gasteiger partial charge in [0.25, 0.3) is 0 Å². The van der Waals surface area contributed by atoms with Gasteiger partial charge in [-0.1, -0.05) is 0 Å². The molecule has 16 heavy (non-hydrogen) atoms. The number of aliphatic carboxylic acids is 2. The van der Waals surface area contributed by atoms with E-state index in [4.69, 9.17) is 10.2 Å². The van der Waals surface area contributed by atoms with Gasteiger partial charge in [-0.2, -0.15) is 26.3 Å². The molecule has 0 aromatic heterocycles. The first kappa shape index (κ1) is 16.9. The number of carboxylic acid groups (broad SMARTS) is 2. The van der Waals surface area contributed by atoms with Crippen LogP contribution in [-0.2, 0) is 9.59 Å². The second-order valence-corrected chi connectivity index (χ2v) is 2.37. The van der Waals surface area contributed by atoms with Gasteiger partial charge >= 0.3 is 24.3 Å². The van der Waals surface area contributed by atoms with E-state index in [1.165, 1.54) is 0 Å². The molecule has 0 amide bonds. The van der Waals surface area contributed by atoms with Crippen LogP contribution in [0, 0.1) is 0 Å². The first-order valence-corrected chi connectivity index (χ1v) is 3.40. The summed E-state index contributed by atoms with van der Waals surface area (Å²) in [6.07, 6.45) is -12.7. The molecule has 0 atom stereocenters. The summed E-state index contributed by atoms with van der Waals surface area (Å²) in [6.45, 7) is 0. The Labute approximate surface area is 84.5 Å². The summed E-state index contributed by atoms with van der Waals surface area (Å²) in [4.78, 5) is 18.6. The van der Waals surface area contributed by atoms with E-state index in [1.807, 2.05) is 0 Å². The Kier molecular flexibility index (Phi) is 6.54. The molecule has 0 rings (SSSR count). The van der Waals surface area contributed by atoms with Crippen molar-refractivity contribution in [2.45, 2.75) is 25.2 Å². The Morgan fingerprint density at radius 2 is 0.938 bits per heavy atom. The molecular weight excluding hydrogens is 250 g/mol. The lowest BCUT2D eigenvalue weighted by molar-refractivity contribution is -0.168. The van der Waals surface area contributed by atoms with Crippen LogP contribution in [0.25, 0.3) is 0 Å². The molecule has 4 nitrogen and oxygen atoms in total. The Hall–Kier alpha value is -1.48. The molecule has 0 aliphatic heterocycles. The Morgan fingerprint density at radius 1 is 0.750 bits per heavy atom. The number of hydrogen-bond acceptors (Lipinski definition) is 2. The zero-order valence-electron chi connectivity index (χ0n) is 7.39. The van der Waals surface area contributed by atoms with Crippen LogP contribution >= 0.6 is 0 Å². The van der Waals surface area contributed by atoms with Crippen LogP contribution in [0.5, 0.6) is 0 Å². The van der Waals surface area contributed by atoms with E-state index in [1.54, 1.807) is 0 Å². The number of carboxylic acids is 2. The maximum Gasteiger partial charge on any atom is 0.399 e. The second kappa shape index (κ2) is 6.18. The lowest BCUT2D eigenvalue weighted by Gasteiger charge is -1.98. The Balaban J connectivity index is 0. The van der Waals surface area contributed by atoms with Gasteiger partial charge in [-0.3, -0.25) is 9.59 Å². The maximum atomic E-state index is 10.9. The highest BCUT2D eigenvalue weighted by Gasteiger charge is 2.31. The average molecular weight is 256 g/mol. The molecule has 0 aromatic carbocycles. The van der Waals surface area contributed by atoms with Crippen molar-refractivity contribution >= 4 is 11.9 Å². The molecule has 0 saturated carbocycles. The van der Waals surface area contributed by atoms with Gasteiger partial charge in [0, 0.05) is 0 Å². The third kappa shape index (κ3) is 22.9. The molecule has 0 unspecified atom stereocenters. The van der Waals surface area contributed by atoms with Crippen molar-refractivity contribution in [1.29, 1.82) is 0 Å². The molecule has 0 aromatic rings. The van der Waals surface area contributed by atoms with E-state index in [9.17, 15) is 35.9 Å². The standard InChI is InChI=1S/2C3H3F3O2/c2*4-3(5,6)1-2(7)8/h2*1H2,(H,7,8). The van der Waals surface area contributed by atoms with E-state index in [0.29, 0.717) is 0 Å². The lowest BCUT2D eigenvalue weighted by Crippen LogP contribution is -2.13. The van der Waals surface area contributed by atoms with Crippen molar-refractivity contribution in [3.63, 3.8) is 0 Å². The Morgan fingerprint density at radius 3 is 0.938 bits per heavy atom. The summed E-state index contributed by atoms with van der Waals surface area (Å²) in [5.41, 5.74) is 0. The van der Waals surface area contributed by atoms with E-state index >= 15 is 0 Å². The number of rotatable bonds is 2. The zero-order chi connectivity index (χ0) is 13.6. The van der Waals surface area contributed by atoms with Crippen molar-refractivity contribution < 1.29 is 46.1 Å². The van der Waals surface area contributed by atoms with Crippen LogP contribution in [0.2, 0.25) is 0 Å². The molecule has 0 fully saturated rings. The third-order valence-electron chi connectivity index (χ3n) is 0.703. The maximum absolute atomic E-state index is 10.9. The van der Waals surface area contributed by atoms with Crippen LogP contribution in [0.4, 0.5) is 26.3 Å². The van der Waals surface area contributed by atoms with Crippen molar-refractivity contribution in [2.75, 3.05) is 0 Å². The molecule has 0 spiro atoms. The minimum Gasteiger partial charge on any atom is -0.481 e. The molecule has 0 radical (unpaired) electrons. The lowest BCUT2D eigenvalue weighted by atomic mass is 10.4. The highest BCUT2D eigenvalue weighted by molar-refractivity contribution is 5.67. The van der Waals surface area contributed by atoms with Gasteiger partial charge in [-0.25, -0.2) is 0 Å². The van der Waals surface area contributed by atoms with Crippen molar-refractivity contribution in [3.05, 3.63) is 0 Å². The third-order valence-corrected chi connectivity index (χ3v) is 0.703. The monoisotopic (exact) mass is 256 g/mol. The minimum absolute atomic E-state index is 1.76. The van der Waals surface area contributed by atoms with Gasteiger partial charge in [-0.15, -0.1) is 0 Å². The fraction of sp³-hybridized carbons (Fsp3) is 0.667. The summed E-state index contributed by atoms with van der Waals surface area (Å²) < 4.78 is 65.6. The average Bonchev–Trinajstić information content (AvgIpc) is 1.72. The summed E-state index contributed by atoms with van der Waals surface area (Å²) in [5.74, 6) is -3.70. The van der Waals surface area contributed by atoms with Gasteiger partial charge < -0.3 is 10.2 Å². The van der Waals surface area contributed by atoms with E-state index in [0.717, 1.165) is 0 Å². The predicted octanol–water partition coefficient (Wildman–Crippen LogP) is 2.05. The summed E-state index contributed by atoms with van der Waals surface area (Å²) in [7, 11) is 0. The molecule has 0 aliphatic rings. The topological polar surface area (TPSA) is 74.6 Å². The molecule has 2 N–H and O–H groups in total. The molecule has 0 bridgehead atoms. The largest absolute Gasteiger partial charge is 0.481 e. The fourth-order valence-electron chi connectivity index (χ4n) is 0.343. The first-order valence-electron chi connectivity index (χ1n) is 3.40. The zero-order valence-corrected chi connectivity index (χ0v) is 7.39. The highest BCUT2D eigenvalue weighted by atomic mass is 19.4. The predicted molar refractivity (Wildman–Crippen MR) is 36.6 cm³/mol. The van der Waals surface area contributed by atoms with Crippen molar-refractivity contribution in [2.24, 2.45) is 0 Å². The number of alkyl halides is 6. The number of carbonyl (C=O) groups is 2. The SMILES string of the molecule is O=C(O)CC(F)(F)F.O=C(O)CC(F)(F)F. The van der Waals surface area contributed by atoms with E-state index < -0.39 is 37.1 Å². The molecule has 96 valence electrons. The van der Waals surface area contributed by atoms with Gasteiger partial charge in [0.1, 0.15) is 12.8 Å². The van der Waals surface area contributed by atoms with E-state index in [2.05, 4.69) is 0 Å². The van der Waals surface area contributed by atoms with Crippen LogP contribution < -0.4 is 0 Å². The molecule has 0 heterocycles. The number of halogens is 6. The molecule has 0 aliphatic carbocycles. The van der Waals surface area contributed by atoms with Crippen molar-refractivity contribution in [3.8, 4) is 0 Å². The smallest absolute Gasteiger partial charge is 0.399 e. The van der Waals surface area contributed by atoms with Crippen molar-refractivity contribution in [1.82, 2.24) is 0 Å². The van der Waals surface area contributed by atoms with Gasteiger partial charge in [0.05, 0.1) is 0 Å². The van der Waals surface area contributed by atoms with E-state index in [-0.39, 0.29) is 0 Å². The van der Waals surface area contributed by atoms with Gasteiger partial charge in [-0.05, 0) is 0 Å². The number of hydrogen-bond donors (Lipinski definition) is 2.